The number of allylic oxidation sites excluding steroid dienone is 1. The number of carbonyl (C=O) groups excluding carboxylic acids is 2. The van der Waals surface area contributed by atoms with Gasteiger partial charge in [0.2, 0.25) is 11.8 Å². The van der Waals surface area contributed by atoms with Crippen LogP contribution in [0, 0.1) is 11.8 Å². The number of hydrogen-bond acceptors (Lipinski definition) is 4. The number of carbonyl (C=O) groups is 2. The van der Waals surface area contributed by atoms with Crippen LogP contribution in [0.1, 0.15) is 57.1 Å². The fraction of sp³-hybridized carbons (Fsp3) is 0.640. The normalized spacial score (nSPS) is 31.0. The van der Waals surface area contributed by atoms with Crippen LogP contribution in [0.25, 0.3) is 0 Å². The second-order valence-corrected chi connectivity index (χ2v) is 9.80. The van der Waals surface area contributed by atoms with E-state index < -0.39 is 0 Å². The molecule has 6 nitrogen and oxygen atoms in total. The molecule has 31 heavy (non-hydrogen) atoms. The summed E-state index contributed by atoms with van der Waals surface area (Å²) in [6, 6.07) is 5.92. The highest BCUT2D eigenvalue weighted by Crippen LogP contribution is 2.42. The smallest absolute Gasteiger partial charge is 0.243 e. The Labute approximate surface area is 185 Å². The van der Waals surface area contributed by atoms with E-state index >= 15 is 0 Å². The Hall–Kier alpha value is -2.21. The fourth-order valence-electron chi connectivity index (χ4n) is 6.31. The summed E-state index contributed by atoms with van der Waals surface area (Å²) in [6.07, 6.45) is 12.4. The first-order chi connectivity index (χ1) is 15.2. The molecule has 1 aromatic rings. The summed E-state index contributed by atoms with van der Waals surface area (Å²) in [5.74, 6) is 0.883. The molecule has 4 heterocycles. The van der Waals surface area contributed by atoms with Gasteiger partial charge in [0.25, 0.3) is 0 Å². The van der Waals surface area contributed by atoms with Crippen molar-refractivity contribution in [1.82, 2.24) is 20.1 Å². The molecule has 1 N–H and O–H groups in total. The lowest BCUT2D eigenvalue weighted by Crippen LogP contribution is -2.68. The summed E-state index contributed by atoms with van der Waals surface area (Å²) in [6.45, 7) is 3.29. The molecule has 3 fully saturated rings. The van der Waals surface area contributed by atoms with E-state index in [0.29, 0.717) is 18.9 Å². The molecule has 4 atom stereocenters. The summed E-state index contributed by atoms with van der Waals surface area (Å²) < 4.78 is 0. The van der Waals surface area contributed by atoms with Crippen LogP contribution in [0.2, 0.25) is 0 Å². The van der Waals surface area contributed by atoms with Gasteiger partial charge in [-0.2, -0.15) is 0 Å². The van der Waals surface area contributed by atoms with E-state index in [1.54, 1.807) is 0 Å². The second kappa shape index (κ2) is 9.11. The van der Waals surface area contributed by atoms with Crippen LogP contribution < -0.4 is 5.32 Å². The van der Waals surface area contributed by atoms with Crippen molar-refractivity contribution in [3.8, 4) is 0 Å². The van der Waals surface area contributed by atoms with Crippen molar-refractivity contribution in [1.29, 1.82) is 0 Å². The van der Waals surface area contributed by atoms with Crippen LogP contribution >= 0.6 is 0 Å². The number of amides is 2. The van der Waals surface area contributed by atoms with Gasteiger partial charge >= 0.3 is 0 Å². The highest BCUT2D eigenvalue weighted by Gasteiger charge is 2.51. The summed E-state index contributed by atoms with van der Waals surface area (Å²) in [4.78, 5) is 35.4. The molecule has 0 saturated carbocycles. The predicted octanol–water partition coefficient (Wildman–Crippen LogP) is 2.90. The van der Waals surface area contributed by atoms with Gasteiger partial charge in [-0.15, -0.1) is 0 Å². The molecule has 166 valence electrons. The number of nitrogens with zero attached hydrogens (tertiary/aromatic N) is 3. The zero-order chi connectivity index (χ0) is 21.2. The van der Waals surface area contributed by atoms with Crippen LogP contribution in [-0.4, -0.2) is 58.3 Å². The van der Waals surface area contributed by atoms with Gasteiger partial charge in [-0.1, -0.05) is 17.7 Å². The van der Waals surface area contributed by atoms with Crippen molar-refractivity contribution in [2.75, 3.05) is 19.6 Å². The van der Waals surface area contributed by atoms with Gasteiger partial charge in [-0.25, -0.2) is 0 Å². The van der Waals surface area contributed by atoms with E-state index in [1.165, 1.54) is 18.4 Å². The molecule has 0 unspecified atom stereocenters. The third-order valence-corrected chi connectivity index (χ3v) is 7.67. The van der Waals surface area contributed by atoms with E-state index in [1.807, 2.05) is 23.2 Å². The quantitative estimate of drug-likeness (QED) is 0.741. The monoisotopic (exact) mass is 422 g/mol. The Morgan fingerprint density at radius 1 is 1.13 bits per heavy atom. The van der Waals surface area contributed by atoms with Gasteiger partial charge in [0.1, 0.15) is 6.04 Å². The third kappa shape index (κ3) is 4.40. The largest absolute Gasteiger partial charge is 0.351 e. The summed E-state index contributed by atoms with van der Waals surface area (Å²) in [5.41, 5.74) is 2.42. The van der Waals surface area contributed by atoms with Gasteiger partial charge in [0.05, 0.1) is 5.69 Å². The highest BCUT2D eigenvalue weighted by atomic mass is 16.2. The minimum atomic E-state index is -0.329. The number of aromatic nitrogens is 1. The first-order valence-electron chi connectivity index (χ1n) is 12.1. The minimum Gasteiger partial charge on any atom is -0.351 e. The summed E-state index contributed by atoms with van der Waals surface area (Å²) in [5, 5.41) is 3.21. The maximum absolute atomic E-state index is 13.4. The summed E-state index contributed by atoms with van der Waals surface area (Å²) >= 11 is 0. The summed E-state index contributed by atoms with van der Waals surface area (Å²) in [7, 11) is 0. The Morgan fingerprint density at radius 2 is 2.03 bits per heavy atom. The van der Waals surface area contributed by atoms with Crippen molar-refractivity contribution >= 4 is 11.8 Å². The Bertz CT molecular complexity index is 839. The number of hydrogen-bond donors (Lipinski definition) is 1. The fourth-order valence-corrected chi connectivity index (χ4v) is 6.31. The maximum atomic E-state index is 13.4. The van der Waals surface area contributed by atoms with Crippen LogP contribution in [-0.2, 0) is 16.1 Å². The number of rotatable bonds is 5. The maximum Gasteiger partial charge on any atom is 0.243 e. The molecule has 6 heteroatoms. The molecule has 1 aliphatic carbocycles. The van der Waals surface area contributed by atoms with Crippen LogP contribution in [0.15, 0.2) is 36.0 Å². The van der Waals surface area contributed by atoms with Crippen molar-refractivity contribution in [3.05, 3.63) is 41.7 Å². The number of fused-ring (bicyclic) bond motifs is 4. The lowest BCUT2D eigenvalue weighted by Gasteiger charge is -2.55. The van der Waals surface area contributed by atoms with E-state index in [4.69, 9.17) is 0 Å². The van der Waals surface area contributed by atoms with E-state index in [2.05, 4.69) is 27.3 Å². The molecule has 0 aromatic carbocycles. The van der Waals surface area contributed by atoms with Gasteiger partial charge in [-0.3, -0.25) is 19.5 Å². The molecular weight excluding hydrogens is 388 g/mol. The first-order valence-corrected chi connectivity index (χ1v) is 12.1. The van der Waals surface area contributed by atoms with Crippen LogP contribution in [0.4, 0.5) is 0 Å². The van der Waals surface area contributed by atoms with Crippen LogP contribution in [0.5, 0.6) is 0 Å². The Kier molecular flexibility index (Phi) is 6.08. The van der Waals surface area contributed by atoms with Gasteiger partial charge in [-0.05, 0) is 63.0 Å². The van der Waals surface area contributed by atoms with Crippen molar-refractivity contribution in [2.45, 2.75) is 70.0 Å². The lowest BCUT2D eigenvalue weighted by molar-refractivity contribution is -0.160. The van der Waals surface area contributed by atoms with Crippen LogP contribution in [0.3, 0.4) is 0 Å². The number of piperidine rings is 3. The Morgan fingerprint density at radius 3 is 2.84 bits per heavy atom. The minimum absolute atomic E-state index is 0.0508. The van der Waals surface area contributed by atoms with E-state index in [9.17, 15) is 9.59 Å². The van der Waals surface area contributed by atoms with E-state index in [0.717, 1.165) is 57.4 Å². The zero-order valence-corrected chi connectivity index (χ0v) is 18.3. The molecule has 0 radical (unpaired) electrons. The Balaban J connectivity index is 1.34. The molecule has 0 spiro atoms. The molecule has 3 saturated heterocycles. The SMILES string of the molecule is O=C(NCC1=CCCCC1)[C@H]1[C@@H]2C[C@@H](CN(Cc3ccccn3)C2)[C@@H]2CCCC(=O)N21. The standard InChI is InChI=1S/C25H34N4O2/c30-23-11-6-10-22-19-13-20(16-28(15-19)17-21-9-4-5-12-26-21)24(29(22)23)25(31)27-14-18-7-2-1-3-8-18/h4-5,7,9,12,19-20,22,24H,1-3,6,8,10-11,13-17H2,(H,27,31)/t19-,20+,22-,24+/m0/s1. The molecule has 2 bridgehead atoms. The van der Waals surface area contributed by atoms with Gasteiger partial charge in [0.15, 0.2) is 0 Å². The van der Waals surface area contributed by atoms with Crippen molar-refractivity contribution < 1.29 is 9.59 Å². The second-order valence-electron chi connectivity index (χ2n) is 9.80. The topological polar surface area (TPSA) is 65.5 Å². The molecule has 2 amide bonds. The lowest BCUT2D eigenvalue weighted by atomic mass is 9.71. The average molecular weight is 423 g/mol. The van der Waals surface area contributed by atoms with Gasteiger partial charge < -0.3 is 10.2 Å². The zero-order valence-electron chi connectivity index (χ0n) is 18.3. The van der Waals surface area contributed by atoms with Crippen molar-refractivity contribution in [3.63, 3.8) is 0 Å². The molecular formula is C25H34N4O2. The third-order valence-electron chi connectivity index (χ3n) is 7.67. The van der Waals surface area contributed by atoms with E-state index in [-0.39, 0.29) is 29.8 Å². The van der Waals surface area contributed by atoms with Gasteiger partial charge in [0, 0.05) is 50.8 Å². The first kappa shape index (κ1) is 20.7. The predicted molar refractivity (Wildman–Crippen MR) is 119 cm³/mol. The molecule has 4 aliphatic rings. The number of nitrogens with one attached hydrogen (secondary N) is 1. The molecule has 3 aliphatic heterocycles. The number of likely N-dealkylation sites (tertiary alicyclic amines) is 1. The number of pyridine rings is 1. The molecule has 1 aromatic heterocycles. The highest BCUT2D eigenvalue weighted by molar-refractivity contribution is 5.89. The average Bonchev–Trinajstić information content (AvgIpc) is 2.80. The molecule has 5 rings (SSSR count). The van der Waals surface area contributed by atoms with Crippen molar-refractivity contribution in [2.24, 2.45) is 11.8 Å².